The maximum atomic E-state index is 12.6. The summed E-state index contributed by atoms with van der Waals surface area (Å²) in [5.74, 6) is 0.625. The van der Waals surface area contributed by atoms with Gasteiger partial charge >= 0.3 is 11.6 Å². The van der Waals surface area contributed by atoms with E-state index in [9.17, 15) is 14.9 Å². The number of carbonyl (C=O) groups is 1. The molecule has 0 aliphatic rings. The minimum absolute atomic E-state index is 0.0410. The van der Waals surface area contributed by atoms with E-state index in [0.29, 0.717) is 17.1 Å². The lowest BCUT2D eigenvalue weighted by molar-refractivity contribution is -0.385. The molecule has 0 spiro atoms. The molecule has 0 aliphatic heterocycles. The molecule has 1 amide bonds. The highest BCUT2D eigenvalue weighted by molar-refractivity contribution is 5.93. The molecule has 2 heterocycles. The van der Waals surface area contributed by atoms with Crippen molar-refractivity contribution >= 4 is 17.8 Å². The molecule has 10 heteroatoms. The third-order valence-corrected chi connectivity index (χ3v) is 6.45. The normalized spacial score (nSPS) is 11.0. The number of aromatic nitrogens is 1. The predicted octanol–water partition coefficient (Wildman–Crippen LogP) is 6.52. The van der Waals surface area contributed by atoms with E-state index in [-0.39, 0.29) is 30.4 Å². The van der Waals surface area contributed by atoms with Gasteiger partial charge in [0.1, 0.15) is 24.7 Å². The molecule has 0 saturated heterocycles. The maximum absolute atomic E-state index is 12.6. The molecule has 0 radical (unpaired) electrons. The number of nitro benzene ring substituents is 1. The molecule has 5 aromatic rings. The minimum atomic E-state index is -0.587. The first-order valence-corrected chi connectivity index (χ1v) is 13.1. The van der Waals surface area contributed by atoms with Crippen LogP contribution in [0.25, 0.3) is 5.69 Å². The lowest BCUT2D eigenvalue weighted by Crippen LogP contribution is -2.17. The van der Waals surface area contributed by atoms with Gasteiger partial charge in [-0.2, -0.15) is 5.10 Å². The summed E-state index contributed by atoms with van der Waals surface area (Å²) in [6.07, 6.45) is 1.29. The van der Waals surface area contributed by atoms with Crippen LogP contribution in [0.4, 0.5) is 5.69 Å². The molecule has 0 fully saturated rings. The van der Waals surface area contributed by atoms with Crippen LogP contribution in [0.2, 0.25) is 0 Å². The fourth-order valence-corrected chi connectivity index (χ4v) is 4.39. The van der Waals surface area contributed by atoms with Gasteiger partial charge in [-0.15, -0.1) is 0 Å². The topological polar surface area (TPSA) is 121 Å². The Morgan fingerprint density at radius 2 is 1.64 bits per heavy atom. The van der Waals surface area contributed by atoms with Crippen molar-refractivity contribution in [2.24, 2.45) is 5.10 Å². The predicted molar refractivity (Wildman–Crippen MR) is 157 cm³/mol. The number of para-hydroxylation sites is 1. The van der Waals surface area contributed by atoms with Crippen LogP contribution in [0.1, 0.15) is 38.8 Å². The summed E-state index contributed by atoms with van der Waals surface area (Å²) in [6, 6.07) is 28.8. The van der Waals surface area contributed by atoms with E-state index < -0.39 is 10.8 Å². The monoisotopic (exact) mass is 564 g/mol. The van der Waals surface area contributed by atoms with Crippen molar-refractivity contribution in [1.82, 2.24) is 9.99 Å². The summed E-state index contributed by atoms with van der Waals surface area (Å²) in [4.78, 5) is 23.6. The molecule has 42 heavy (non-hydrogen) atoms. The van der Waals surface area contributed by atoms with Gasteiger partial charge in [0.05, 0.1) is 11.1 Å². The third kappa shape index (κ3) is 6.56. The van der Waals surface area contributed by atoms with Crippen molar-refractivity contribution in [1.29, 1.82) is 0 Å². The average molecular weight is 565 g/mol. The molecule has 0 bridgehead atoms. The van der Waals surface area contributed by atoms with Crippen LogP contribution in [0.15, 0.2) is 107 Å². The number of aryl methyl sites for hydroxylation is 2. The smallest absolute Gasteiger partial charge is 0.311 e. The maximum Gasteiger partial charge on any atom is 0.311 e. The molecule has 2 aromatic heterocycles. The fraction of sp³-hybridized carbons (Fsp3) is 0.125. The second kappa shape index (κ2) is 12.7. The van der Waals surface area contributed by atoms with Crippen molar-refractivity contribution in [2.45, 2.75) is 27.1 Å². The van der Waals surface area contributed by atoms with Gasteiger partial charge in [-0.05, 0) is 74.0 Å². The number of amides is 1. The van der Waals surface area contributed by atoms with Gasteiger partial charge in [0, 0.05) is 28.7 Å². The lowest BCUT2D eigenvalue weighted by Gasteiger charge is -2.10. The average Bonchev–Trinajstić information content (AvgIpc) is 3.62. The van der Waals surface area contributed by atoms with E-state index >= 15 is 0 Å². The zero-order valence-corrected chi connectivity index (χ0v) is 23.0. The molecule has 212 valence electrons. The summed E-state index contributed by atoms with van der Waals surface area (Å²) in [6.45, 7) is 4.37. The van der Waals surface area contributed by atoms with Crippen molar-refractivity contribution in [3.05, 3.63) is 141 Å². The SMILES string of the molecule is Cc1ccc(C)n1-c1ccc(OCc2ccc(C(=O)N/N=C/c3cccc([N+](=O)[O-])c3OCc3ccccc3)o2)cc1. The largest absolute Gasteiger partial charge is 0.486 e. The summed E-state index contributed by atoms with van der Waals surface area (Å²) < 4.78 is 19.4. The van der Waals surface area contributed by atoms with Gasteiger partial charge in [0.2, 0.25) is 5.75 Å². The molecule has 3 aromatic carbocycles. The van der Waals surface area contributed by atoms with Gasteiger partial charge in [0.25, 0.3) is 0 Å². The summed E-state index contributed by atoms with van der Waals surface area (Å²) in [7, 11) is 0. The zero-order chi connectivity index (χ0) is 29.5. The summed E-state index contributed by atoms with van der Waals surface area (Å²) >= 11 is 0. The highest BCUT2D eigenvalue weighted by atomic mass is 16.6. The van der Waals surface area contributed by atoms with E-state index in [4.69, 9.17) is 13.9 Å². The molecular weight excluding hydrogens is 536 g/mol. The van der Waals surface area contributed by atoms with Gasteiger partial charge in [-0.3, -0.25) is 14.9 Å². The zero-order valence-electron chi connectivity index (χ0n) is 23.0. The number of nitrogens with zero attached hydrogens (tertiary/aromatic N) is 3. The van der Waals surface area contributed by atoms with E-state index in [2.05, 4.69) is 41.1 Å². The van der Waals surface area contributed by atoms with Crippen LogP contribution in [0.3, 0.4) is 0 Å². The molecule has 5 rings (SSSR count). The van der Waals surface area contributed by atoms with Crippen LogP contribution in [0.5, 0.6) is 11.5 Å². The Kier molecular flexibility index (Phi) is 8.43. The number of carbonyl (C=O) groups excluding carboxylic acids is 1. The Hall–Kier alpha value is -5.64. The molecule has 0 aliphatic carbocycles. The van der Waals surface area contributed by atoms with Crippen LogP contribution < -0.4 is 14.9 Å². The van der Waals surface area contributed by atoms with Crippen LogP contribution in [0, 0.1) is 24.0 Å². The van der Waals surface area contributed by atoms with E-state index in [1.165, 1.54) is 24.4 Å². The number of nitro groups is 1. The number of hydrogen-bond donors (Lipinski definition) is 1. The first kappa shape index (κ1) is 27.9. The number of benzene rings is 3. The first-order chi connectivity index (χ1) is 20.4. The number of furan rings is 1. The Bertz CT molecular complexity index is 1700. The summed E-state index contributed by atoms with van der Waals surface area (Å²) in [5, 5.41) is 15.5. The van der Waals surface area contributed by atoms with Crippen LogP contribution in [-0.4, -0.2) is 21.6 Å². The van der Waals surface area contributed by atoms with Gasteiger partial charge in [-0.1, -0.05) is 36.4 Å². The number of ether oxygens (including phenoxy) is 2. The van der Waals surface area contributed by atoms with Gasteiger partial charge in [0.15, 0.2) is 5.76 Å². The van der Waals surface area contributed by atoms with E-state index in [0.717, 1.165) is 22.6 Å². The lowest BCUT2D eigenvalue weighted by atomic mass is 10.2. The second-order valence-electron chi connectivity index (χ2n) is 9.43. The number of hydrogen-bond acceptors (Lipinski definition) is 7. The Balaban J connectivity index is 1.19. The Morgan fingerprint density at radius 1 is 0.905 bits per heavy atom. The van der Waals surface area contributed by atoms with Gasteiger partial charge in [-0.25, -0.2) is 5.43 Å². The third-order valence-electron chi connectivity index (χ3n) is 6.45. The van der Waals surface area contributed by atoms with E-state index in [1.807, 2.05) is 54.6 Å². The quantitative estimate of drug-likeness (QED) is 0.111. The molecular formula is C32H28N4O6. The first-order valence-electron chi connectivity index (χ1n) is 13.1. The molecule has 0 atom stereocenters. The second-order valence-corrected chi connectivity index (χ2v) is 9.43. The molecule has 0 unspecified atom stereocenters. The number of rotatable bonds is 11. The van der Waals surface area contributed by atoms with Crippen molar-refractivity contribution in [3.8, 4) is 17.2 Å². The van der Waals surface area contributed by atoms with Crippen LogP contribution >= 0.6 is 0 Å². The fourth-order valence-electron chi connectivity index (χ4n) is 4.39. The Morgan fingerprint density at radius 3 is 2.36 bits per heavy atom. The van der Waals surface area contributed by atoms with Crippen molar-refractivity contribution in [3.63, 3.8) is 0 Å². The van der Waals surface area contributed by atoms with E-state index in [1.54, 1.807) is 12.1 Å². The van der Waals surface area contributed by atoms with Gasteiger partial charge < -0.3 is 18.5 Å². The van der Waals surface area contributed by atoms with Crippen molar-refractivity contribution < 1.29 is 23.6 Å². The molecule has 0 saturated carbocycles. The summed E-state index contributed by atoms with van der Waals surface area (Å²) in [5.41, 5.74) is 6.70. The molecule has 10 nitrogen and oxygen atoms in total. The molecule has 1 N–H and O–H groups in total. The number of nitrogens with one attached hydrogen (secondary N) is 1. The minimum Gasteiger partial charge on any atom is -0.486 e. The highest BCUT2D eigenvalue weighted by Crippen LogP contribution is 2.30. The Labute approximate surface area is 242 Å². The van der Waals surface area contributed by atoms with Crippen molar-refractivity contribution in [2.75, 3.05) is 0 Å². The highest BCUT2D eigenvalue weighted by Gasteiger charge is 2.19. The standard InChI is InChI=1S/C32H28N4O6/c1-22-11-12-23(2)35(22)26-13-15-27(16-14-26)40-21-28-17-18-30(42-28)32(37)34-33-19-25-9-6-10-29(36(38)39)31(25)41-20-24-7-4-3-5-8-24/h3-19H,20-21H2,1-2H3,(H,34,37)/b33-19+. The number of hydrazone groups is 1. The van der Waals surface area contributed by atoms with Crippen LogP contribution in [-0.2, 0) is 13.2 Å².